The van der Waals surface area contributed by atoms with Gasteiger partial charge in [-0.3, -0.25) is 4.79 Å². The van der Waals surface area contributed by atoms with Crippen LogP contribution in [0.3, 0.4) is 0 Å². The molecule has 7 nitrogen and oxygen atoms in total. The summed E-state index contributed by atoms with van der Waals surface area (Å²) in [7, 11) is 0. The summed E-state index contributed by atoms with van der Waals surface area (Å²) in [5.41, 5.74) is 1.10. The largest absolute Gasteiger partial charge is 0.478 e. The maximum atomic E-state index is 12.5. The molecule has 0 atom stereocenters. The second-order valence-corrected chi connectivity index (χ2v) is 5.56. The topological polar surface area (TPSA) is 88.3 Å². The van der Waals surface area contributed by atoms with Gasteiger partial charge in [0, 0.05) is 13.1 Å². The fourth-order valence-electron chi connectivity index (χ4n) is 2.83. The second kappa shape index (κ2) is 5.77. The number of likely N-dealkylation sites (tertiary alicyclic amines) is 1. The molecule has 0 unspecified atom stereocenters. The van der Waals surface area contributed by atoms with Crippen molar-refractivity contribution < 1.29 is 27.9 Å². The average Bonchev–Trinajstić information content (AvgIpc) is 2.96. The lowest BCUT2D eigenvalue weighted by Crippen LogP contribution is -2.45. The van der Waals surface area contributed by atoms with Gasteiger partial charge in [-0.1, -0.05) is 5.21 Å². The quantitative estimate of drug-likeness (QED) is 0.900. The Bertz CT molecular complexity index is 794. The third-order valence-corrected chi connectivity index (χ3v) is 4.06. The van der Waals surface area contributed by atoms with E-state index < -0.39 is 18.1 Å². The summed E-state index contributed by atoms with van der Waals surface area (Å²) in [6.45, 7) is -0.0774. The Morgan fingerprint density at radius 3 is 2.46 bits per heavy atom. The SMILES string of the molecule is O=C(O)c1ccc2nnn(C3CCN(C(=O)C(F)(F)F)CC3)c2c1. The molecule has 2 aromatic rings. The number of fused-ring (bicyclic) bond motifs is 1. The number of alkyl halides is 3. The first-order chi connectivity index (χ1) is 11.3. The van der Waals surface area contributed by atoms with Crippen LogP contribution in [0.25, 0.3) is 11.0 Å². The van der Waals surface area contributed by atoms with E-state index in [0.717, 1.165) is 4.90 Å². The normalized spacial score (nSPS) is 16.5. The Labute approximate surface area is 133 Å². The van der Waals surface area contributed by atoms with Crippen molar-refractivity contribution in [3.63, 3.8) is 0 Å². The number of rotatable bonds is 2. The van der Waals surface area contributed by atoms with Gasteiger partial charge in [0.05, 0.1) is 17.1 Å². The zero-order valence-corrected chi connectivity index (χ0v) is 12.3. The summed E-state index contributed by atoms with van der Waals surface area (Å²) >= 11 is 0. The van der Waals surface area contributed by atoms with Crippen molar-refractivity contribution >= 4 is 22.9 Å². The Morgan fingerprint density at radius 2 is 1.88 bits per heavy atom. The number of hydrogen-bond acceptors (Lipinski definition) is 4. The molecule has 0 aliphatic carbocycles. The zero-order valence-electron chi connectivity index (χ0n) is 12.3. The number of benzene rings is 1. The molecule has 1 amide bonds. The van der Waals surface area contributed by atoms with Crippen molar-refractivity contribution in [2.24, 2.45) is 0 Å². The van der Waals surface area contributed by atoms with E-state index in [-0.39, 0.29) is 37.5 Å². The minimum atomic E-state index is -4.87. The molecule has 3 rings (SSSR count). The van der Waals surface area contributed by atoms with Gasteiger partial charge in [0.2, 0.25) is 0 Å². The first-order valence-corrected chi connectivity index (χ1v) is 7.21. The second-order valence-electron chi connectivity index (χ2n) is 5.56. The molecule has 2 heterocycles. The van der Waals surface area contributed by atoms with Crippen molar-refractivity contribution in [2.45, 2.75) is 25.1 Å². The molecule has 128 valence electrons. The standard InChI is InChI=1S/C14H13F3N4O3/c15-14(16,17)13(24)20-5-3-9(4-6-20)21-11-7-8(12(22)23)1-2-10(11)18-19-21/h1-2,7,9H,3-6H2,(H,22,23). The third-order valence-electron chi connectivity index (χ3n) is 4.06. The molecular weight excluding hydrogens is 329 g/mol. The van der Waals surface area contributed by atoms with Crippen LogP contribution in [0.5, 0.6) is 0 Å². The van der Waals surface area contributed by atoms with E-state index in [9.17, 15) is 22.8 Å². The molecule has 0 saturated carbocycles. The molecule has 24 heavy (non-hydrogen) atoms. The maximum absolute atomic E-state index is 12.5. The lowest BCUT2D eigenvalue weighted by atomic mass is 10.0. The van der Waals surface area contributed by atoms with Crippen LogP contribution in [0.4, 0.5) is 13.2 Å². The predicted octanol–water partition coefficient (Wildman–Crippen LogP) is 1.86. The van der Waals surface area contributed by atoms with Gasteiger partial charge in [0.1, 0.15) is 5.52 Å². The highest BCUT2D eigenvalue weighted by molar-refractivity contribution is 5.92. The highest BCUT2D eigenvalue weighted by Gasteiger charge is 2.43. The Morgan fingerprint density at radius 1 is 1.21 bits per heavy atom. The zero-order chi connectivity index (χ0) is 17.5. The molecule has 1 N–H and O–H groups in total. The highest BCUT2D eigenvalue weighted by Crippen LogP contribution is 2.28. The average molecular weight is 342 g/mol. The summed E-state index contributed by atoms with van der Waals surface area (Å²) in [6.07, 6.45) is -4.29. The van der Waals surface area contributed by atoms with Crippen LogP contribution in [0, 0.1) is 0 Å². The number of hydrogen-bond donors (Lipinski definition) is 1. The first-order valence-electron chi connectivity index (χ1n) is 7.21. The van der Waals surface area contributed by atoms with Gasteiger partial charge < -0.3 is 10.0 Å². The van der Waals surface area contributed by atoms with Crippen molar-refractivity contribution in [1.29, 1.82) is 0 Å². The van der Waals surface area contributed by atoms with Crippen LogP contribution in [0.1, 0.15) is 29.2 Å². The summed E-state index contributed by atoms with van der Waals surface area (Å²) < 4.78 is 38.9. The smallest absolute Gasteiger partial charge is 0.471 e. The van der Waals surface area contributed by atoms with E-state index in [2.05, 4.69) is 10.3 Å². The molecule has 10 heteroatoms. The molecule has 1 aromatic carbocycles. The minimum Gasteiger partial charge on any atom is -0.478 e. The number of halogens is 3. The van der Waals surface area contributed by atoms with Gasteiger partial charge >= 0.3 is 18.1 Å². The predicted molar refractivity (Wildman–Crippen MR) is 75.4 cm³/mol. The molecule has 1 aliphatic heterocycles. The molecule has 1 fully saturated rings. The van der Waals surface area contributed by atoms with Crippen LogP contribution in [-0.2, 0) is 4.79 Å². The summed E-state index contributed by atoms with van der Waals surface area (Å²) in [4.78, 5) is 23.1. The van der Waals surface area contributed by atoms with Crippen LogP contribution >= 0.6 is 0 Å². The van der Waals surface area contributed by atoms with Gasteiger partial charge in [0.25, 0.3) is 0 Å². The summed E-state index contributed by atoms with van der Waals surface area (Å²) in [5, 5.41) is 17.0. The Kier molecular flexibility index (Phi) is 3.90. The molecule has 0 radical (unpaired) electrons. The van der Waals surface area contributed by atoms with Gasteiger partial charge in [-0.2, -0.15) is 13.2 Å². The molecule has 1 aliphatic rings. The van der Waals surface area contributed by atoms with E-state index in [1.54, 1.807) is 0 Å². The van der Waals surface area contributed by atoms with Crippen LogP contribution in [0.15, 0.2) is 18.2 Å². The number of nitrogens with zero attached hydrogens (tertiary/aromatic N) is 4. The van der Waals surface area contributed by atoms with Crippen molar-refractivity contribution in [3.8, 4) is 0 Å². The fraction of sp³-hybridized carbons (Fsp3) is 0.429. The van der Waals surface area contributed by atoms with Crippen LogP contribution in [0.2, 0.25) is 0 Å². The molecular formula is C14H13F3N4O3. The van der Waals surface area contributed by atoms with Gasteiger partial charge in [-0.05, 0) is 31.0 Å². The lowest BCUT2D eigenvalue weighted by molar-refractivity contribution is -0.186. The number of carbonyl (C=O) groups is 2. The highest BCUT2D eigenvalue weighted by atomic mass is 19.4. The molecule has 1 saturated heterocycles. The number of carbonyl (C=O) groups excluding carboxylic acids is 1. The Balaban J connectivity index is 1.79. The third kappa shape index (κ3) is 2.91. The van der Waals surface area contributed by atoms with Gasteiger partial charge in [-0.25, -0.2) is 9.48 Å². The van der Waals surface area contributed by atoms with Crippen molar-refractivity contribution in [1.82, 2.24) is 19.9 Å². The van der Waals surface area contributed by atoms with E-state index in [1.165, 1.54) is 22.9 Å². The maximum Gasteiger partial charge on any atom is 0.471 e. The van der Waals surface area contributed by atoms with E-state index in [0.29, 0.717) is 11.0 Å². The van der Waals surface area contributed by atoms with Crippen molar-refractivity contribution in [2.75, 3.05) is 13.1 Å². The van der Waals surface area contributed by atoms with Crippen LogP contribution in [-0.4, -0.2) is 56.1 Å². The van der Waals surface area contributed by atoms with E-state index in [1.807, 2.05) is 0 Å². The van der Waals surface area contributed by atoms with Gasteiger partial charge in [-0.15, -0.1) is 5.10 Å². The summed E-state index contributed by atoms with van der Waals surface area (Å²) in [5.74, 6) is -2.92. The number of piperidine rings is 1. The van der Waals surface area contributed by atoms with Gasteiger partial charge in [0.15, 0.2) is 0 Å². The number of aromatic nitrogens is 3. The fourth-order valence-corrected chi connectivity index (χ4v) is 2.83. The van der Waals surface area contributed by atoms with E-state index >= 15 is 0 Å². The molecule has 0 bridgehead atoms. The summed E-state index contributed by atoms with van der Waals surface area (Å²) in [6, 6.07) is 4.14. The lowest BCUT2D eigenvalue weighted by Gasteiger charge is -2.32. The minimum absolute atomic E-state index is 0.0387. The van der Waals surface area contributed by atoms with E-state index in [4.69, 9.17) is 5.11 Å². The van der Waals surface area contributed by atoms with Crippen molar-refractivity contribution in [3.05, 3.63) is 23.8 Å². The first kappa shape index (κ1) is 16.2. The number of amides is 1. The molecule has 1 aromatic heterocycles. The van der Waals surface area contributed by atoms with Crippen LogP contribution < -0.4 is 0 Å². The number of aromatic carboxylic acids is 1. The Hall–Kier alpha value is -2.65. The monoisotopic (exact) mass is 342 g/mol. The number of carboxylic acid groups (broad SMARTS) is 1. The number of carboxylic acids is 1. The molecule has 0 spiro atoms.